The minimum atomic E-state index is -0.230. The molecule has 0 unspecified atom stereocenters. The van der Waals surface area contributed by atoms with Gasteiger partial charge in [-0.1, -0.05) is 17.7 Å². The second-order valence-electron chi connectivity index (χ2n) is 4.00. The SMILES string of the molecule is Cc1nc2ccc(-c3cc(Cl)[nH]c(=O)c3)cc2o1. The van der Waals surface area contributed by atoms with Crippen molar-refractivity contribution in [3.8, 4) is 11.1 Å². The summed E-state index contributed by atoms with van der Waals surface area (Å²) in [5, 5.41) is 0.311. The summed E-state index contributed by atoms with van der Waals surface area (Å²) in [5.41, 5.74) is 2.88. The summed E-state index contributed by atoms with van der Waals surface area (Å²) in [6.07, 6.45) is 0. The van der Waals surface area contributed by atoms with Gasteiger partial charge in [0.2, 0.25) is 5.56 Å². The van der Waals surface area contributed by atoms with E-state index in [0.29, 0.717) is 16.6 Å². The maximum absolute atomic E-state index is 11.4. The summed E-state index contributed by atoms with van der Waals surface area (Å²) in [5.74, 6) is 0.617. The van der Waals surface area contributed by atoms with Gasteiger partial charge in [0, 0.05) is 13.0 Å². The predicted molar refractivity (Wildman–Crippen MR) is 69.8 cm³/mol. The molecule has 0 saturated carbocycles. The zero-order chi connectivity index (χ0) is 12.7. The highest BCUT2D eigenvalue weighted by Gasteiger charge is 2.06. The molecule has 0 fully saturated rings. The van der Waals surface area contributed by atoms with Gasteiger partial charge < -0.3 is 9.40 Å². The minimum Gasteiger partial charge on any atom is -0.441 e. The molecular weight excluding hydrogens is 252 g/mol. The standard InChI is InChI=1S/C13H9ClN2O2/c1-7-15-10-3-2-8(4-11(10)18-7)9-5-12(14)16-13(17)6-9/h2-6H,1H3,(H,16,17). The fraction of sp³-hybridized carbons (Fsp3) is 0.0769. The molecule has 4 nitrogen and oxygen atoms in total. The van der Waals surface area contributed by atoms with Gasteiger partial charge in [-0.15, -0.1) is 0 Å². The Balaban J connectivity index is 2.21. The zero-order valence-corrected chi connectivity index (χ0v) is 10.3. The molecule has 18 heavy (non-hydrogen) atoms. The van der Waals surface area contributed by atoms with E-state index < -0.39 is 0 Å². The van der Waals surface area contributed by atoms with Gasteiger partial charge in [0.1, 0.15) is 10.7 Å². The van der Waals surface area contributed by atoms with Crippen LogP contribution in [0.15, 0.2) is 39.5 Å². The fourth-order valence-corrected chi connectivity index (χ4v) is 2.11. The molecule has 0 spiro atoms. The molecule has 3 aromatic rings. The smallest absolute Gasteiger partial charge is 0.249 e. The van der Waals surface area contributed by atoms with Crippen molar-refractivity contribution in [2.75, 3.05) is 0 Å². The van der Waals surface area contributed by atoms with Crippen LogP contribution in [0.25, 0.3) is 22.2 Å². The highest BCUT2D eigenvalue weighted by molar-refractivity contribution is 6.29. The van der Waals surface area contributed by atoms with Crippen LogP contribution >= 0.6 is 11.6 Å². The summed E-state index contributed by atoms with van der Waals surface area (Å²) >= 11 is 5.83. The number of H-pyrrole nitrogens is 1. The van der Waals surface area contributed by atoms with Crippen LogP contribution in [0.1, 0.15) is 5.89 Å². The first-order valence-corrected chi connectivity index (χ1v) is 5.77. The number of benzene rings is 1. The van der Waals surface area contributed by atoms with Crippen LogP contribution in [-0.4, -0.2) is 9.97 Å². The summed E-state index contributed by atoms with van der Waals surface area (Å²) in [7, 11) is 0. The first-order chi connectivity index (χ1) is 8.61. The first kappa shape index (κ1) is 11.0. The molecule has 0 aliphatic heterocycles. The fourth-order valence-electron chi connectivity index (χ4n) is 1.90. The normalized spacial score (nSPS) is 11.0. The average molecular weight is 261 g/mol. The number of aryl methyl sites for hydroxylation is 1. The van der Waals surface area contributed by atoms with E-state index in [1.165, 1.54) is 6.07 Å². The Morgan fingerprint density at radius 1 is 1.22 bits per heavy atom. The van der Waals surface area contributed by atoms with Crippen molar-refractivity contribution in [3.63, 3.8) is 0 Å². The van der Waals surface area contributed by atoms with Crippen molar-refractivity contribution in [1.82, 2.24) is 9.97 Å². The number of aromatic nitrogens is 2. The van der Waals surface area contributed by atoms with Crippen LogP contribution in [0.5, 0.6) is 0 Å². The second-order valence-corrected chi connectivity index (χ2v) is 4.40. The van der Waals surface area contributed by atoms with Crippen molar-refractivity contribution < 1.29 is 4.42 Å². The highest BCUT2D eigenvalue weighted by Crippen LogP contribution is 2.25. The summed E-state index contributed by atoms with van der Waals surface area (Å²) in [4.78, 5) is 18.1. The van der Waals surface area contributed by atoms with Gasteiger partial charge >= 0.3 is 0 Å². The van der Waals surface area contributed by atoms with E-state index in [2.05, 4.69) is 9.97 Å². The molecule has 0 radical (unpaired) electrons. The van der Waals surface area contributed by atoms with Crippen molar-refractivity contribution in [2.45, 2.75) is 6.92 Å². The van der Waals surface area contributed by atoms with Gasteiger partial charge in [0.25, 0.3) is 0 Å². The van der Waals surface area contributed by atoms with E-state index in [1.54, 1.807) is 13.0 Å². The maximum Gasteiger partial charge on any atom is 0.249 e. The van der Waals surface area contributed by atoms with Crippen molar-refractivity contribution in [1.29, 1.82) is 0 Å². The highest BCUT2D eigenvalue weighted by atomic mass is 35.5. The van der Waals surface area contributed by atoms with Gasteiger partial charge in [0.05, 0.1) is 0 Å². The number of halogens is 1. The van der Waals surface area contributed by atoms with E-state index in [4.69, 9.17) is 16.0 Å². The third-order valence-electron chi connectivity index (χ3n) is 2.64. The molecule has 0 amide bonds. The monoisotopic (exact) mass is 260 g/mol. The van der Waals surface area contributed by atoms with Crippen LogP contribution in [0.2, 0.25) is 5.15 Å². The van der Waals surface area contributed by atoms with E-state index in [1.807, 2.05) is 18.2 Å². The Morgan fingerprint density at radius 2 is 2.06 bits per heavy atom. The van der Waals surface area contributed by atoms with Gasteiger partial charge in [-0.25, -0.2) is 4.98 Å². The molecule has 2 heterocycles. The van der Waals surface area contributed by atoms with Crippen molar-refractivity contribution >= 4 is 22.7 Å². The number of rotatable bonds is 1. The lowest BCUT2D eigenvalue weighted by Gasteiger charge is -2.01. The molecule has 90 valence electrons. The van der Waals surface area contributed by atoms with Gasteiger partial charge in [-0.3, -0.25) is 4.79 Å². The molecule has 0 saturated heterocycles. The topological polar surface area (TPSA) is 58.9 Å². The third-order valence-corrected chi connectivity index (χ3v) is 2.84. The first-order valence-electron chi connectivity index (χ1n) is 5.39. The lowest BCUT2D eigenvalue weighted by molar-refractivity contribution is 0.561. The predicted octanol–water partition coefficient (Wildman–Crippen LogP) is 3.14. The van der Waals surface area contributed by atoms with E-state index in [9.17, 15) is 4.79 Å². The molecule has 0 atom stereocenters. The molecule has 2 aromatic heterocycles. The number of nitrogens with zero attached hydrogens (tertiary/aromatic N) is 1. The van der Waals surface area contributed by atoms with E-state index in [-0.39, 0.29) is 5.56 Å². The van der Waals surface area contributed by atoms with Crippen molar-refractivity contribution in [2.24, 2.45) is 0 Å². The van der Waals surface area contributed by atoms with Crippen LogP contribution in [0.3, 0.4) is 0 Å². The molecule has 1 N–H and O–H groups in total. The van der Waals surface area contributed by atoms with Crippen LogP contribution < -0.4 is 5.56 Å². The number of nitrogens with one attached hydrogen (secondary N) is 1. The van der Waals surface area contributed by atoms with E-state index in [0.717, 1.165) is 16.6 Å². The molecule has 0 aliphatic rings. The number of fused-ring (bicyclic) bond motifs is 1. The minimum absolute atomic E-state index is 0.230. The van der Waals surface area contributed by atoms with Crippen molar-refractivity contribution in [3.05, 3.63) is 51.7 Å². The van der Waals surface area contributed by atoms with Gasteiger partial charge in [-0.05, 0) is 29.3 Å². The van der Waals surface area contributed by atoms with E-state index >= 15 is 0 Å². The summed E-state index contributed by atoms with van der Waals surface area (Å²) in [6, 6.07) is 8.79. The van der Waals surface area contributed by atoms with Crippen LogP contribution in [0, 0.1) is 6.92 Å². The Bertz CT molecular complexity index is 789. The third kappa shape index (κ3) is 1.91. The lowest BCUT2D eigenvalue weighted by Crippen LogP contribution is -2.03. The number of hydrogen-bond donors (Lipinski definition) is 1. The summed E-state index contributed by atoms with van der Waals surface area (Å²) in [6.45, 7) is 1.80. The number of oxazole rings is 1. The number of aromatic amines is 1. The quantitative estimate of drug-likeness (QED) is 0.684. The number of hydrogen-bond acceptors (Lipinski definition) is 3. The van der Waals surface area contributed by atoms with Gasteiger partial charge in [0.15, 0.2) is 11.5 Å². The zero-order valence-electron chi connectivity index (χ0n) is 9.53. The molecule has 5 heteroatoms. The van der Waals surface area contributed by atoms with Crippen LogP contribution in [-0.2, 0) is 0 Å². The lowest BCUT2D eigenvalue weighted by atomic mass is 10.1. The molecule has 0 bridgehead atoms. The maximum atomic E-state index is 11.4. The van der Waals surface area contributed by atoms with Gasteiger partial charge in [-0.2, -0.15) is 0 Å². The molecule has 0 aliphatic carbocycles. The second kappa shape index (κ2) is 3.99. The Kier molecular flexibility index (Phi) is 2.45. The average Bonchev–Trinajstić information content (AvgIpc) is 2.66. The Labute approximate surface area is 107 Å². The molecule has 1 aromatic carbocycles. The number of pyridine rings is 1. The summed E-state index contributed by atoms with van der Waals surface area (Å²) < 4.78 is 5.46. The van der Waals surface area contributed by atoms with Crippen LogP contribution in [0.4, 0.5) is 0 Å². The largest absolute Gasteiger partial charge is 0.441 e. The Hall–Kier alpha value is -2.07. The molecular formula is C13H9ClN2O2. The Morgan fingerprint density at radius 3 is 2.83 bits per heavy atom. The molecule has 3 rings (SSSR count).